The number of benzene rings is 4. The summed E-state index contributed by atoms with van der Waals surface area (Å²) in [6.45, 7) is 11.7. The van der Waals surface area contributed by atoms with Crippen LogP contribution in [0.2, 0.25) is 5.02 Å². The topological polar surface area (TPSA) is 297 Å². The molecule has 7 rings (SSSR count). The van der Waals surface area contributed by atoms with Crippen LogP contribution in [0.1, 0.15) is 108 Å². The van der Waals surface area contributed by atoms with E-state index < -0.39 is 80.9 Å². The van der Waals surface area contributed by atoms with Crippen molar-refractivity contribution in [3.63, 3.8) is 0 Å². The molecular weight excluding hydrogens is 1210 g/mol. The second kappa shape index (κ2) is 34.2. The normalized spacial score (nSPS) is 14.7. The van der Waals surface area contributed by atoms with Crippen LogP contribution in [-0.2, 0) is 29.6 Å². The second-order valence-electron chi connectivity index (χ2n) is 21.1. The summed E-state index contributed by atoms with van der Waals surface area (Å²) in [5.41, 5.74) is 6.26. The van der Waals surface area contributed by atoms with Crippen LogP contribution >= 0.6 is 11.6 Å². The summed E-state index contributed by atoms with van der Waals surface area (Å²) in [5, 5.41) is 61.8. The molecule has 468 valence electrons. The van der Waals surface area contributed by atoms with E-state index in [4.69, 9.17) is 21.8 Å². The number of sulfonamides is 2. The Hall–Kier alpha value is -5.87. The molecule has 26 heteroatoms. The number of anilines is 2. The van der Waals surface area contributed by atoms with Gasteiger partial charge in [0.2, 0.25) is 31.9 Å². The summed E-state index contributed by atoms with van der Waals surface area (Å²) in [6, 6.07) is 30.2. The Morgan fingerprint density at radius 1 is 0.621 bits per heavy atom. The summed E-state index contributed by atoms with van der Waals surface area (Å²) >= 11 is 6.02. The zero-order valence-corrected chi connectivity index (χ0v) is 54.3. The van der Waals surface area contributed by atoms with E-state index in [0.717, 1.165) is 52.3 Å². The SMILES string of the molecule is CC(C)c1nc(N(C)S(C)(=O)=O)nc(-c2ccc(F)cc2)c1C=C[C@@H](O)C[C@@H](O)CC(=O)O.CC(C)c1nc(N(C)S(C)(=O)=O)nc(-c2ccc(F)cc2)c1C=C[C@@H](O)C[C@@H](O)CC(=O)O.Clc1ccc(C(c2ccccc2)N2CCNCC2)cc1.[Ca+2].[H-].[H-]. The number of carboxylic acid groups (broad SMARTS) is 2. The van der Waals surface area contributed by atoms with Crippen molar-refractivity contribution in [1.29, 1.82) is 0 Å². The van der Waals surface area contributed by atoms with Crippen molar-refractivity contribution in [2.45, 2.75) is 95.7 Å². The van der Waals surface area contributed by atoms with E-state index in [9.17, 15) is 55.6 Å². The third-order valence-electron chi connectivity index (χ3n) is 13.4. The molecule has 0 saturated carbocycles. The maximum Gasteiger partial charge on any atom is 2.00 e. The Labute approximate surface area is 545 Å². The van der Waals surface area contributed by atoms with Crippen molar-refractivity contribution in [2.24, 2.45) is 0 Å². The number of hydrogen-bond acceptors (Lipinski definition) is 16. The van der Waals surface area contributed by atoms with E-state index in [0.29, 0.717) is 51.1 Å². The number of carbonyl (C=O) groups is 2. The van der Waals surface area contributed by atoms with E-state index in [1.165, 1.54) is 98.1 Å². The van der Waals surface area contributed by atoms with Crippen molar-refractivity contribution in [2.75, 3.05) is 61.4 Å². The molecule has 5 atom stereocenters. The minimum absolute atomic E-state index is 0. The van der Waals surface area contributed by atoms with Gasteiger partial charge in [0.1, 0.15) is 11.6 Å². The van der Waals surface area contributed by atoms with Gasteiger partial charge < -0.3 is 38.8 Å². The van der Waals surface area contributed by atoms with E-state index >= 15 is 0 Å². The Bertz CT molecular complexity index is 3330. The molecule has 0 spiro atoms. The van der Waals surface area contributed by atoms with Gasteiger partial charge in [-0.05, 0) is 83.6 Å². The van der Waals surface area contributed by atoms with Crippen molar-refractivity contribution in [3.8, 4) is 22.5 Å². The first-order valence-electron chi connectivity index (χ1n) is 27.4. The van der Waals surface area contributed by atoms with Crippen LogP contribution in [0, 0.1) is 11.6 Å². The Balaban J connectivity index is 0.000000460. The van der Waals surface area contributed by atoms with Crippen LogP contribution < -0.4 is 13.9 Å². The van der Waals surface area contributed by atoms with E-state index in [1.807, 2.05) is 39.8 Å². The molecule has 6 aromatic rings. The maximum atomic E-state index is 13.5. The minimum atomic E-state index is -3.65. The molecule has 0 amide bonds. The van der Waals surface area contributed by atoms with Gasteiger partial charge in [0, 0.05) is 80.4 Å². The first kappa shape index (κ1) is 73.6. The van der Waals surface area contributed by atoms with Gasteiger partial charge in [-0.2, -0.15) is 0 Å². The summed E-state index contributed by atoms with van der Waals surface area (Å²) in [7, 11) is -4.65. The molecular formula is C61H77CaClF2N8O12S2. The number of carboxylic acids is 2. The van der Waals surface area contributed by atoms with Gasteiger partial charge in [-0.25, -0.2) is 54.2 Å². The summed E-state index contributed by atoms with van der Waals surface area (Å²) in [6.07, 6.45) is 1.72. The fraction of sp³-hybridized carbons (Fsp3) is 0.377. The quantitative estimate of drug-likeness (QED) is 0.0299. The van der Waals surface area contributed by atoms with Gasteiger partial charge in [-0.15, -0.1) is 0 Å². The number of piperazine rings is 1. The molecule has 0 aliphatic carbocycles. The number of nitrogens with one attached hydrogen (secondary N) is 1. The van der Waals surface area contributed by atoms with Crippen LogP contribution in [0.4, 0.5) is 20.7 Å². The standard InChI is InChI=1S/2C22H28FN3O6S.C17H19ClN2.Ca.2H/c2*1-13(2)20-18(10-9-16(27)11-17(28)12-19(29)30)21(14-5-7-15(23)8-6-14)25-22(24-20)26(3)33(4,31)32;18-16-8-6-15(7-9-16)17(14-4-2-1-3-5-14)20-12-10-19-11-13-20;;;/h2*5-10,13,16-17,27-28H,11-12H2,1-4H3,(H,29,30);1-9,17,19H,10-13H2;;;/q;;;+2;2*-1/t2*16-,17-;;;;/m11..../s1. The third kappa shape index (κ3) is 22.9. The number of hydrogen-bond donors (Lipinski definition) is 7. The number of aliphatic hydroxyl groups is 4. The molecule has 1 unspecified atom stereocenters. The monoisotopic (exact) mass is 1290 g/mol. The first-order chi connectivity index (χ1) is 40.4. The predicted octanol–water partition coefficient (Wildman–Crippen LogP) is 7.98. The van der Waals surface area contributed by atoms with Crippen molar-refractivity contribution in [3.05, 3.63) is 166 Å². The number of nitrogens with zero attached hydrogens (tertiary/aromatic N) is 7. The Morgan fingerprint density at radius 3 is 1.33 bits per heavy atom. The number of aliphatic hydroxyl groups excluding tert-OH is 4. The molecule has 1 aliphatic rings. The first-order valence-corrected chi connectivity index (χ1v) is 31.5. The minimum Gasteiger partial charge on any atom is -1.00 e. The van der Waals surface area contributed by atoms with Crippen LogP contribution in [0.25, 0.3) is 34.7 Å². The fourth-order valence-electron chi connectivity index (χ4n) is 8.93. The van der Waals surface area contributed by atoms with Gasteiger partial charge in [0.15, 0.2) is 0 Å². The van der Waals surface area contributed by atoms with Gasteiger partial charge in [0.25, 0.3) is 0 Å². The van der Waals surface area contributed by atoms with E-state index in [1.54, 1.807) is 0 Å². The molecule has 4 aromatic carbocycles. The van der Waals surface area contributed by atoms with E-state index in [2.05, 4.69) is 72.6 Å². The maximum absolute atomic E-state index is 13.5. The second-order valence-corrected chi connectivity index (χ2v) is 25.6. The molecule has 1 saturated heterocycles. The van der Waals surface area contributed by atoms with Gasteiger partial charge in [-0.3, -0.25) is 14.5 Å². The number of halogens is 3. The largest absolute Gasteiger partial charge is 2.00 e. The summed E-state index contributed by atoms with van der Waals surface area (Å²) in [4.78, 5) is 41.7. The Morgan fingerprint density at radius 2 is 0.989 bits per heavy atom. The van der Waals surface area contributed by atoms with Crippen LogP contribution in [0.15, 0.2) is 115 Å². The molecule has 0 radical (unpaired) electrons. The third-order valence-corrected chi connectivity index (χ3v) is 16.0. The average molecular weight is 1290 g/mol. The zero-order valence-electron chi connectivity index (χ0n) is 51.7. The fourth-order valence-corrected chi connectivity index (χ4v) is 9.81. The van der Waals surface area contributed by atoms with E-state index in [-0.39, 0.29) is 77.2 Å². The molecule has 20 nitrogen and oxygen atoms in total. The van der Waals surface area contributed by atoms with Gasteiger partial charge in [-0.1, -0.05) is 106 Å². The number of aliphatic carboxylic acids is 2. The van der Waals surface area contributed by atoms with Crippen molar-refractivity contribution >= 4 is 105 Å². The summed E-state index contributed by atoms with van der Waals surface area (Å²) in [5.74, 6) is -3.74. The molecule has 3 heterocycles. The number of rotatable bonds is 23. The number of aromatic nitrogens is 4. The smallest absolute Gasteiger partial charge is 1.00 e. The molecule has 2 aromatic heterocycles. The van der Waals surface area contributed by atoms with Gasteiger partial charge in [0.05, 0.1) is 78.6 Å². The van der Waals surface area contributed by atoms with Crippen LogP contribution in [-0.4, -0.2) is 199 Å². The molecule has 1 fully saturated rings. The summed E-state index contributed by atoms with van der Waals surface area (Å²) < 4.78 is 77.2. The van der Waals surface area contributed by atoms with Gasteiger partial charge >= 0.3 is 49.7 Å². The Kier molecular flexibility index (Phi) is 28.9. The average Bonchev–Trinajstić information content (AvgIpc) is 2.90. The predicted molar refractivity (Wildman–Crippen MR) is 338 cm³/mol. The molecule has 0 bridgehead atoms. The molecule has 1 aliphatic heterocycles. The van der Waals surface area contributed by atoms with Crippen molar-refractivity contribution < 1.29 is 68.7 Å². The zero-order chi connectivity index (χ0) is 63.6. The molecule has 7 N–H and O–H groups in total. The van der Waals surface area contributed by atoms with Crippen molar-refractivity contribution in [1.82, 2.24) is 30.2 Å². The molecule has 87 heavy (non-hydrogen) atoms. The van der Waals surface area contributed by atoms with Crippen LogP contribution in [0.5, 0.6) is 0 Å². The van der Waals surface area contributed by atoms with Crippen LogP contribution in [0.3, 0.4) is 0 Å².